The zero-order chi connectivity index (χ0) is 12.8. The van der Waals surface area contributed by atoms with Crippen molar-refractivity contribution in [2.75, 3.05) is 26.8 Å². The molecule has 0 aromatic rings. The molecule has 0 bridgehead atoms. The molecule has 0 aliphatic carbocycles. The van der Waals surface area contributed by atoms with Gasteiger partial charge in [-0.1, -0.05) is 6.92 Å². The number of ether oxygens (including phenoxy) is 1. The predicted molar refractivity (Wildman–Crippen MR) is 64.2 cm³/mol. The second kappa shape index (κ2) is 6.86. The molecule has 0 heterocycles. The minimum absolute atomic E-state index is 0.0779. The number of rotatable bonds is 7. The van der Waals surface area contributed by atoms with Crippen LogP contribution in [-0.2, 0) is 9.53 Å². The van der Waals surface area contributed by atoms with E-state index in [4.69, 9.17) is 4.74 Å². The molecule has 4 heteroatoms. The van der Waals surface area contributed by atoms with E-state index in [0.29, 0.717) is 26.1 Å². The molecule has 0 aliphatic rings. The quantitative estimate of drug-likeness (QED) is 0.718. The van der Waals surface area contributed by atoms with E-state index in [-0.39, 0.29) is 11.8 Å². The maximum Gasteiger partial charge on any atom is 0.223 e. The zero-order valence-electron chi connectivity index (χ0n) is 11.1. The smallest absolute Gasteiger partial charge is 0.223 e. The van der Waals surface area contributed by atoms with Crippen LogP contribution in [0, 0.1) is 5.92 Å². The molecule has 1 atom stereocenters. The van der Waals surface area contributed by atoms with Crippen LogP contribution < -0.4 is 0 Å². The van der Waals surface area contributed by atoms with Crippen molar-refractivity contribution in [1.29, 1.82) is 0 Å². The number of carbonyl (C=O) groups excluding carboxylic acids is 1. The summed E-state index contributed by atoms with van der Waals surface area (Å²) in [6, 6.07) is 0. The number of hydrogen-bond acceptors (Lipinski definition) is 3. The van der Waals surface area contributed by atoms with Crippen molar-refractivity contribution in [3.8, 4) is 0 Å². The lowest BCUT2D eigenvalue weighted by atomic mass is 10.1. The van der Waals surface area contributed by atoms with Crippen LogP contribution in [0.1, 0.15) is 34.1 Å². The standard InChI is InChI=1S/C12H25NO3/c1-6-13(9-12(3,4)15)11(14)7-10(2)8-16-5/h10,15H,6-9H2,1-5H3. The molecule has 0 aromatic heterocycles. The highest BCUT2D eigenvalue weighted by Gasteiger charge is 2.22. The van der Waals surface area contributed by atoms with Crippen LogP contribution in [0.3, 0.4) is 0 Å². The maximum absolute atomic E-state index is 11.9. The van der Waals surface area contributed by atoms with Crippen LogP contribution in [0.5, 0.6) is 0 Å². The molecule has 1 unspecified atom stereocenters. The van der Waals surface area contributed by atoms with E-state index in [1.165, 1.54) is 0 Å². The van der Waals surface area contributed by atoms with Gasteiger partial charge in [-0.25, -0.2) is 0 Å². The van der Waals surface area contributed by atoms with E-state index in [2.05, 4.69) is 0 Å². The van der Waals surface area contributed by atoms with Crippen molar-refractivity contribution >= 4 is 5.91 Å². The van der Waals surface area contributed by atoms with Gasteiger partial charge in [-0.2, -0.15) is 0 Å². The fraction of sp³-hybridized carbons (Fsp3) is 0.917. The summed E-state index contributed by atoms with van der Waals surface area (Å²) < 4.78 is 5.00. The Labute approximate surface area is 98.6 Å². The second-order valence-electron chi connectivity index (χ2n) is 4.98. The lowest BCUT2D eigenvalue weighted by Crippen LogP contribution is -2.42. The summed E-state index contributed by atoms with van der Waals surface area (Å²) in [6.45, 7) is 8.92. The number of nitrogens with zero attached hydrogens (tertiary/aromatic N) is 1. The molecule has 0 saturated heterocycles. The largest absolute Gasteiger partial charge is 0.389 e. The lowest BCUT2D eigenvalue weighted by molar-refractivity contribution is -0.135. The van der Waals surface area contributed by atoms with Gasteiger partial charge in [0.1, 0.15) is 0 Å². The maximum atomic E-state index is 11.9. The SMILES string of the molecule is CCN(CC(C)(C)O)C(=O)CC(C)COC. The molecule has 16 heavy (non-hydrogen) atoms. The lowest BCUT2D eigenvalue weighted by Gasteiger charge is -2.29. The van der Waals surface area contributed by atoms with Crippen molar-refractivity contribution in [2.24, 2.45) is 5.92 Å². The van der Waals surface area contributed by atoms with Crippen molar-refractivity contribution in [2.45, 2.75) is 39.7 Å². The van der Waals surface area contributed by atoms with Gasteiger partial charge in [0.15, 0.2) is 0 Å². The highest BCUT2D eigenvalue weighted by atomic mass is 16.5. The van der Waals surface area contributed by atoms with Crippen LogP contribution in [0.15, 0.2) is 0 Å². The van der Waals surface area contributed by atoms with Crippen molar-refractivity contribution in [3.63, 3.8) is 0 Å². The molecular formula is C12H25NO3. The van der Waals surface area contributed by atoms with Crippen molar-refractivity contribution in [3.05, 3.63) is 0 Å². The van der Waals surface area contributed by atoms with Crippen molar-refractivity contribution in [1.82, 2.24) is 4.90 Å². The molecule has 96 valence electrons. The summed E-state index contributed by atoms with van der Waals surface area (Å²) in [7, 11) is 1.63. The van der Waals surface area contributed by atoms with Gasteiger partial charge < -0.3 is 14.7 Å². The minimum atomic E-state index is -0.837. The Morgan fingerprint density at radius 3 is 2.44 bits per heavy atom. The van der Waals surface area contributed by atoms with E-state index in [1.807, 2.05) is 13.8 Å². The third-order valence-electron chi connectivity index (χ3n) is 2.29. The summed E-state index contributed by atoms with van der Waals surface area (Å²) in [4.78, 5) is 13.6. The molecule has 0 rings (SSSR count). The summed E-state index contributed by atoms with van der Waals surface area (Å²) in [5.74, 6) is 0.294. The summed E-state index contributed by atoms with van der Waals surface area (Å²) in [5, 5.41) is 9.69. The number of amides is 1. The normalized spacial score (nSPS) is 13.6. The Bertz CT molecular complexity index is 211. The fourth-order valence-corrected chi connectivity index (χ4v) is 1.61. The average Bonchev–Trinajstić information content (AvgIpc) is 2.12. The van der Waals surface area contributed by atoms with Crippen LogP contribution in [0.4, 0.5) is 0 Å². The Morgan fingerprint density at radius 2 is 2.06 bits per heavy atom. The number of hydrogen-bond donors (Lipinski definition) is 1. The van der Waals surface area contributed by atoms with Gasteiger partial charge in [0.05, 0.1) is 5.60 Å². The minimum Gasteiger partial charge on any atom is -0.389 e. The first-order chi connectivity index (χ1) is 7.30. The number of likely N-dealkylation sites (N-methyl/N-ethyl adjacent to an activating group) is 1. The van der Waals surface area contributed by atoms with E-state index < -0.39 is 5.60 Å². The summed E-state index contributed by atoms with van der Waals surface area (Å²) >= 11 is 0. The van der Waals surface area contributed by atoms with Crippen LogP contribution in [-0.4, -0.2) is 48.3 Å². The third kappa shape index (κ3) is 6.80. The molecule has 0 aliphatic heterocycles. The molecule has 0 saturated carbocycles. The Hall–Kier alpha value is -0.610. The molecule has 1 N–H and O–H groups in total. The fourth-order valence-electron chi connectivity index (χ4n) is 1.61. The summed E-state index contributed by atoms with van der Waals surface area (Å²) in [5.41, 5.74) is -0.837. The molecule has 0 aromatic carbocycles. The van der Waals surface area contributed by atoms with Gasteiger partial charge in [-0.15, -0.1) is 0 Å². The molecule has 0 radical (unpaired) electrons. The molecule has 0 spiro atoms. The van der Waals surface area contributed by atoms with Gasteiger partial charge in [0.25, 0.3) is 0 Å². The third-order valence-corrected chi connectivity index (χ3v) is 2.29. The molecule has 0 fully saturated rings. The van der Waals surface area contributed by atoms with Crippen LogP contribution in [0.25, 0.3) is 0 Å². The Kier molecular flexibility index (Phi) is 6.60. The highest BCUT2D eigenvalue weighted by Crippen LogP contribution is 2.10. The number of aliphatic hydroxyl groups is 1. The van der Waals surface area contributed by atoms with Gasteiger partial charge >= 0.3 is 0 Å². The molecular weight excluding hydrogens is 206 g/mol. The second-order valence-corrected chi connectivity index (χ2v) is 4.98. The molecule has 4 nitrogen and oxygen atoms in total. The van der Waals surface area contributed by atoms with Crippen LogP contribution >= 0.6 is 0 Å². The number of carbonyl (C=O) groups is 1. The topological polar surface area (TPSA) is 49.8 Å². The Balaban J connectivity index is 4.21. The number of methoxy groups -OCH3 is 1. The van der Waals surface area contributed by atoms with Gasteiger partial charge in [-0.05, 0) is 26.7 Å². The van der Waals surface area contributed by atoms with E-state index in [9.17, 15) is 9.90 Å². The van der Waals surface area contributed by atoms with E-state index in [1.54, 1.807) is 25.9 Å². The zero-order valence-corrected chi connectivity index (χ0v) is 11.1. The van der Waals surface area contributed by atoms with E-state index in [0.717, 1.165) is 0 Å². The van der Waals surface area contributed by atoms with Gasteiger partial charge in [-0.3, -0.25) is 4.79 Å². The molecule has 1 amide bonds. The predicted octanol–water partition coefficient (Wildman–Crippen LogP) is 1.28. The first-order valence-corrected chi connectivity index (χ1v) is 5.79. The van der Waals surface area contributed by atoms with Gasteiger partial charge in [0.2, 0.25) is 5.91 Å². The average molecular weight is 231 g/mol. The van der Waals surface area contributed by atoms with Crippen molar-refractivity contribution < 1.29 is 14.6 Å². The monoisotopic (exact) mass is 231 g/mol. The Morgan fingerprint density at radius 1 is 1.50 bits per heavy atom. The highest BCUT2D eigenvalue weighted by molar-refractivity contribution is 5.76. The van der Waals surface area contributed by atoms with Gasteiger partial charge in [0, 0.05) is 33.2 Å². The van der Waals surface area contributed by atoms with Crippen LogP contribution in [0.2, 0.25) is 0 Å². The summed E-state index contributed by atoms with van der Waals surface area (Å²) in [6.07, 6.45) is 0.470. The van der Waals surface area contributed by atoms with E-state index >= 15 is 0 Å². The first-order valence-electron chi connectivity index (χ1n) is 5.79. The first kappa shape index (κ1) is 15.4.